The van der Waals surface area contributed by atoms with Gasteiger partial charge in [-0.3, -0.25) is 0 Å². The summed E-state index contributed by atoms with van der Waals surface area (Å²) in [6.07, 6.45) is -1.06. The molecule has 0 spiro atoms. The van der Waals surface area contributed by atoms with Gasteiger partial charge in [-0.2, -0.15) is 0 Å². The van der Waals surface area contributed by atoms with Crippen LogP contribution in [0.25, 0.3) is 0 Å². The highest BCUT2D eigenvalue weighted by Gasteiger charge is 2.25. The summed E-state index contributed by atoms with van der Waals surface area (Å²) in [6, 6.07) is 0.846. The van der Waals surface area contributed by atoms with E-state index in [1.54, 1.807) is 13.8 Å². The molecule has 0 bridgehead atoms. The summed E-state index contributed by atoms with van der Waals surface area (Å²) in [7, 11) is 0. The van der Waals surface area contributed by atoms with Gasteiger partial charge in [0.25, 0.3) is 0 Å². The van der Waals surface area contributed by atoms with E-state index in [2.05, 4.69) is 15.9 Å². The van der Waals surface area contributed by atoms with E-state index in [0.29, 0.717) is 0 Å². The summed E-state index contributed by atoms with van der Waals surface area (Å²) in [5.74, 6) is -4.10. The minimum atomic E-state index is -1.53. The third kappa shape index (κ3) is 3.20. The molecule has 0 N–H and O–H groups in total. The second-order valence-corrected chi connectivity index (χ2v) is 3.98. The Morgan fingerprint density at radius 1 is 1.12 bits per heavy atom. The molecule has 0 amide bonds. The van der Waals surface area contributed by atoms with Crippen LogP contribution in [0.15, 0.2) is 10.5 Å². The highest BCUT2D eigenvalue weighted by molar-refractivity contribution is 9.10. The maximum absolute atomic E-state index is 13.6. The first-order valence-electron chi connectivity index (χ1n) is 5.08. The van der Waals surface area contributed by atoms with Crippen LogP contribution >= 0.6 is 15.9 Å². The summed E-state index contributed by atoms with van der Waals surface area (Å²) in [4.78, 5) is 0. The van der Waals surface area contributed by atoms with Crippen molar-refractivity contribution in [3.63, 3.8) is 0 Å². The van der Waals surface area contributed by atoms with Crippen molar-refractivity contribution < 1.29 is 22.6 Å². The number of hydrogen-bond donors (Lipinski definition) is 0. The maximum atomic E-state index is 13.6. The van der Waals surface area contributed by atoms with Crippen molar-refractivity contribution in [1.82, 2.24) is 0 Å². The van der Waals surface area contributed by atoms with Gasteiger partial charge in [-0.25, -0.2) is 13.2 Å². The molecular weight excluding hydrogens is 301 g/mol. The molecule has 0 saturated heterocycles. The highest BCUT2D eigenvalue weighted by Crippen LogP contribution is 2.32. The molecule has 0 aliphatic carbocycles. The van der Waals surface area contributed by atoms with Gasteiger partial charge in [-0.15, -0.1) is 0 Å². The molecule has 0 radical (unpaired) electrons. The van der Waals surface area contributed by atoms with Crippen molar-refractivity contribution in [2.45, 2.75) is 20.1 Å². The van der Waals surface area contributed by atoms with Gasteiger partial charge in [-0.05, 0) is 19.9 Å². The molecule has 17 heavy (non-hydrogen) atoms. The van der Waals surface area contributed by atoms with E-state index in [-0.39, 0.29) is 23.2 Å². The van der Waals surface area contributed by atoms with E-state index in [1.165, 1.54) is 0 Å². The summed E-state index contributed by atoms with van der Waals surface area (Å²) < 4.78 is 50.0. The minimum absolute atomic E-state index is 0.0702. The first kappa shape index (κ1) is 14.5. The molecule has 0 aliphatic heterocycles. The Hall–Kier alpha value is -0.590. The number of hydrogen-bond acceptors (Lipinski definition) is 2. The van der Waals surface area contributed by atoms with Crippen LogP contribution in [0.4, 0.5) is 13.2 Å². The zero-order chi connectivity index (χ0) is 13.0. The minimum Gasteiger partial charge on any atom is -0.349 e. The lowest BCUT2D eigenvalue weighted by Gasteiger charge is -2.19. The molecule has 0 unspecified atom stereocenters. The molecule has 2 nitrogen and oxygen atoms in total. The largest absolute Gasteiger partial charge is 0.349 e. The van der Waals surface area contributed by atoms with Gasteiger partial charge in [0.1, 0.15) is 0 Å². The van der Waals surface area contributed by atoms with Crippen molar-refractivity contribution in [3.8, 4) is 0 Å². The first-order chi connectivity index (χ1) is 8.02. The maximum Gasteiger partial charge on any atom is 0.194 e. The highest BCUT2D eigenvalue weighted by atomic mass is 79.9. The van der Waals surface area contributed by atoms with Crippen LogP contribution in [0.5, 0.6) is 0 Å². The predicted octanol–water partition coefficient (Wildman–Crippen LogP) is 3.94. The Morgan fingerprint density at radius 3 is 2.12 bits per heavy atom. The smallest absolute Gasteiger partial charge is 0.194 e. The third-order valence-electron chi connectivity index (χ3n) is 2.02. The molecule has 0 aliphatic rings. The van der Waals surface area contributed by atoms with Gasteiger partial charge >= 0.3 is 0 Å². The quantitative estimate of drug-likeness (QED) is 0.466. The Kier molecular flexibility index (Phi) is 5.42. The van der Waals surface area contributed by atoms with Gasteiger partial charge in [0, 0.05) is 17.7 Å². The monoisotopic (exact) mass is 312 g/mol. The van der Waals surface area contributed by atoms with Gasteiger partial charge in [0.05, 0.1) is 5.56 Å². The van der Waals surface area contributed by atoms with Crippen LogP contribution in [0.2, 0.25) is 0 Å². The predicted molar refractivity (Wildman–Crippen MR) is 60.0 cm³/mol. The Bertz CT molecular complexity index is 393. The number of benzene rings is 1. The molecule has 0 fully saturated rings. The molecule has 0 saturated carbocycles. The molecule has 0 heterocycles. The molecule has 1 rings (SSSR count). The Morgan fingerprint density at radius 2 is 1.65 bits per heavy atom. The van der Waals surface area contributed by atoms with Gasteiger partial charge in [0.2, 0.25) is 0 Å². The second kappa shape index (κ2) is 6.37. The lowest BCUT2D eigenvalue weighted by molar-refractivity contribution is -0.142. The van der Waals surface area contributed by atoms with E-state index >= 15 is 0 Å². The molecule has 0 aromatic heterocycles. The normalized spacial score (nSPS) is 11.2. The average molecular weight is 313 g/mol. The lowest BCUT2D eigenvalue weighted by Crippen LogP contribution is -2.13. The van der Waals surface area contributed by atoms with Crippen LogP contribution in [0.3, 0.4) is 0 Å². The molecular formula is C11H12BrF3O2. The molecule has 96 valence electrons. The first-order valence-corrected chi connectivity index (χ1v) is 5.88. The zero-order valence-electron chi connectivity index (χ0n) is 9.40. The van der Waals surface area contributed by atoms with Gasteiger partial charge < -0.3 is 9.47 Å². The fraction of sp³-hybridized carbons (Fsp3) is 0.455. The van der Waals surface area contributed by atoms with Crippen molar-refractivity contribution in [2.24, 2.45) is 0 Å². The standard InChI is InChI=1S/C11H12BrF3O2/c1-3-16-11(17-4-2)8-6(12)5-7(13)9(14)10(8)15/h5,11H,3-4H2,1-2H3. The van der Waals surface area contributed by atoms with Crippen LogP contribution in [-0.4, -0.2) is 13.2 Å². The number of rotatable bonds is 5. The fourth-order valence-electron chi connectivity index (χ4n) is 1.31. The Balaban J connectivity index is 3.22. The summed E-state index contributed by atoms with van der Waals surface area (Å²) in [6.45, 7) is 3.90. The zero-order valence-corrected chi connectivity index (χ0v) is 11.0. The molecule has 6 heteroatoms. The van der Waals surface area contributed by atoms with Gasteiger partial charge in [-0.1, -0.05) is 15.9 Å². The van der Waals surface area contributed by atoms with Gasteiger partial charge in [0.15, 0.2) is 23.7 Å². The van der Waals surface area contributed by atoms with Crippen LogP contribution in [-0.2, 0) is 9.47 Å². The SMILES string of the molecule is CCOC(OCC)c1c(Br)cc(F)c(F)c1F. The fourth-order valence-corrected chi connectivity index (χ4v) is 1.88. The molecule has 1 aromatic rings. The average Bonchev–Trinajstić information content (AvgIpc) is 2.27. The van der Waals surface area contributed by atoms with Crippen LogP contribution < -0.4 is 0 Å². The van der Waals surface area contributed by atoms with E-state index in [0.717, 1.165) is 6.07 Å². The second-order valence-electron chi connectivity index (χ2n) is 3.12. The summed E-state index contributed by atoms with van der Waals surface area (Å²) >= 11 is 2.97. The van der Waals surface area contributed by atoms with Crippen molar-refractivity contribution in [2.75, 3.05) is 13.2 Å². The van der Waals surface area contributed by atoms with Crippen LogP contribution in [0, 0.1) is 17.5 Å². The lowest BCUT2D eigenvalue weighted by atomic mass is 10.2. The summed E-state index contributed by atoms with van der Waals surface area (Å²) in [5.41, 5.74) is -0.174. The molecule has 1 aromatic carbocycles. The molecule has 0 atom stereocenters. The Labute approximate surface area is 106 Å². The summed E-state index contributed by atoms with van der Waals surface area (Å²) in [5, 5.41) is 0. The number of ether oxygens (including phenoxy) is 2. The third-order valence-corrected chi connectivity index (χ3v) is 2.68. The topological polar surface area (TPSA) is 18.5 Å². The van der Waals surface area contributed by atoms with Crippen LogP contribution in [0.1, 0.15) is 25.7 Å². The van der Waals surface area contributed by atoms with E-state index in [4.69, 9.17) is 9.47 Å². The van der Waals surface area contributed by atoms with Crippen molar-refractivity contribution >= 4 is 15.9 Å². The van der Waals surface area contributed by atoms with Crippen molar-refractivity contribution in [1.29, 1.82) is 0 Å². The number of halogens is 4. The van der Waals surface area contributed by atoms with Crippen molar-refractivity contribution in [3.05, 3.63) is 33.6 Å². The van der Waals surface area contributed by atoms with E-state index < -0.39 is 23.7 Å². The van der Waals surface area contributed by atoms with E-state index in [9.17, 15) is 13.2 Å². The van der Waals surface area contributed by atoms with E-state index in [1.807, 2.05) is 0 Å².